The van der Waals surface area contributed by atoms with Gasteiger partial charge in [-0.25, -0.2) is 0 Å². The summed E-state index contributed by atoms with van der Waals surface area (Å²) in [6, 6.07) is 0. The van der Waals surface area contributed by atoms with Crippen LogP contribution in [-0.4, -0.2) is 0 Å². The van der Waals surface area contributed by atoms with Crippen LogP contribution in [0.2, 0.25) is 0 Å². The predicted molar refractivity (Wildman–Crippen MR) is 23.7 cm³/mol. The average molecular weight is 70.1 g/mol. The predicted octanol–water partition coefficient (Wildman–Crippen LogP) is 1.28. The molecule has 0 heterocycles. The fourth-order valence-electron chi connectivity index (χ4n) is 0. The summed E-state index contributed by atoms with van der Waals surface area (Å²) in [6.45, 7) is 3.92. The molecular weight excluding hydrogens is 60.1 g/mol. The zero-order valence-electron chi connectivity index (χ0n) is 4.58. The van der Waals surface area contributed by atoms with Crippen molar-refractivity contribution >= 4 is 0 Å². The Morgan fingerprint density at radius 1 is 2.00 bits per heavy atom. The molecule has 0 aromatic rings. The van der Waals surface area contributed by atoms with Crippen molar-refractivity contribution in [1.82, 2.24) is 0 Å². The largest absolute Gasteiger partial charge is 0.124 e. The van der Waals surface area contributed by atoms with Crippen LogP contribution in [0, 0.1) is 18.2 Å². The van der Waals surface area contributed by atoms with Crippen LogP contribution < -0.4 is 0 Å². The molecule has 0 aliphatic carbocycles. The lowest BCUT2D eigenvalue weighted by atomic mass is 10.2. The lowest BCUT2D eigenvalue weighted by Gasteiger charge is -1.80. The molecule has 0 amide bonds. The highest BCUT2D eigenvalue weighted by Crippen LogP contribution is 1.81. The minimum Gasteiger partial charge on any atom is -0.120 e. The molecule has 0 aromatic carbocycles. The molecule has 0 N–H and O–H groups in total. The first-order valence-corrected chi connectivity index (χ1v) is 1.69. The topological polar surface area (TPSA) is 0 Å². The van der Waals surface area contributed by atoms with Crippen molar-refractivity contribution in [2.45, 2.75) is 13.8 Å². The van der Waals surface area contributed by atoms with E-state index in [2.05, 4.69) is 12.3 Å². The highest BCUT2D eigenvalue weighted by Gasteiger charge is 1.74. The molecule has 0 saturated carbocycles. The Balaban J connectivity index is 3.20. The highest BCUT2D eigenvalue weighted by molar-refractivity contribution is 4.86. The molecule has 0 bridgehead atoms. The van der Waals surface area contributed by atoms with Gasteiger partial charge in [0, 0.05) is 5.92 Å². The summed E-state index contributed by atoms with van der Waals surface area (Å²) in [5.74, 6) is 2.97. The molecule has 28 valence electrons. The van der Waals surface area contributed by atoms with Crippen molar-refractivity contribution in [2.75, 3.05) is 0 Å². The third-order valence-electron chi connectivity index (χ3n) is 0.289. The molecule has 0 radical (unpaired) electrons. The van der Waals surface area contributed by atoms with Gasteiger partial charge in [0.15, 0.2) is 0 Å². The molecule has 0 atom stereocenters. The van der Waals surface area contributed by atoms with Crippen LogP contribution >= 0.6 is 0 Å². The van der Waals surface area contributed by atoms with Crippen molar-refractivity contribution in [2.24, 2.45) is 5.92 Å². The molecule has 0 saturated heterocycles. The van der Waals surface area contributed by atoms with Gasteiger partial charge in [0.05, 0.1) is 0 Å². The molecule has 0 nitrogen and oxygen atoms in total. The Bertz CT molecular complexity index is 73.7. The monoisotopic (exact) mass is 70.1 g/mol. The van der Waals surface area contributed by atoms with E-state index < -0.39 is 0 Å². The second kappa shape index (κ2) is 1.84. The molecule has 0 fully saturated rings. The maximum Gasteiger partial charge on any atom is 0.124 e. The van der Waals surface area contributed by atoms with E-state index in [0.29, 0.717) is 5.92 Å². The molecule has 0 heteroatoms. The Labute approximate surface area is 34.6 Å². The van der Waals surface area contributed by atoms with Crippen LogP contribution in [0.3, 0.4) is 0 Å². The molecule has 5 heavy (non-hydrogen) atoms. The van der Waals surface area contributed by atoms with Gasteiger partial charge in [-0.15, -0.1) is 12.3 Å². The Kier molecular flexibility index (Phi) is 1.02. The number of rotatable bonds is 0. The SMILES string of the molecule is [3H]C#CC(C)C. The molecular formula is C5H8. The van der Waals surface area contributed by atoms with E-state index in [0.717, 1.165) is 0 Å². The van der Waals surface area contributed by atoms with Gasteiger partial charge < -0.3 is 0 Å². The molecule has 0 spiro atoms. The molecule has 0 unspecified atom stereocenters. The van der Waals surface area contributed by atoms with Crippen molar-refractivity contribution in [3.8, 4) is 12.3 Å². The summed E-state index contributed by atoms with van der Waals surface area (Å²) in [5.41, 5.74) is 0. The highest BCUT2D eigenvalue weighted by atomic mass is 13.8. The summed E-state index contributed by atoms with van der Waals surface area (Å²) in [5, 5.41) is 0. The van der Waals surface area contributed by atoms with E-state index >= 15 is 0 Å². The van der Waals surface area contributed by atoms with E-state index in [1.165, 1.54) is 0 Å². The van der Waals surface area contributed by atoms with E-state index in [9.17, 15) is 0 Å². The first kappa shape index (κ1) is 2.78. The second-order valence-electron chi connectivity index (χ2n) is 1.30. The van der Waals surface area contributed by atoms with Gasteiger partial charge in [0.2, 0.25) is 0 Å². The Morgan fingerprint density at radius 2 is 2.60 bits per heavy atom. The zero-order chi connectivity index (χ0) is 4.99. The zero-order valence-corrected chi connectivity index (χ0v) is 3.58. The summed E-state index contributed by atoms with van der Waals surface area (Å²) >= 11 is 0. The van der Waals surface area contributed by atoms with Crippen LogP contribution in [-0.2, 0) is 0 Å². The number of hydrogen-bond donors (Lipinski definition) is 0. The Hall–Kier alpha value is -0.440. The van der Waals surface area contributed by atoms with Crippen LogP contribution in [0.1, 0.15) is 15.2 Å². The summed E-state index contributed by atoms with van der Waals surface area (Å²) < 4.78 is 6.37. The molecule has 0 rings (SSSR count). The van der Waals surface area contributed by atoms with Crippen molar-refractivity contribution in [1.29, 1.82) is 0 Å². The van der Waals surface area contributed by atoms with Gasteiger partial charge in [0.25, 0.3) is 0 Å². The normalized spacial score (nSPS) is 9.00. The minimum atomic E-state index is 0.350. The first-order chi connectivity index (χ1) is 2.77. The summed E-state index contributed by atoms with van der Waals surface area (Å²) in [4.78, 5) is 0. The van der Waals surface area contributed by atoms with E-state index in [4.69, 9.17) is 1.37 Å². The van der Waals surface area contributed by atoms with Gasteiger partial charge >= 0.3 is 0 Å². The minimum absolute atomic E-state index is 0.350. The number of hydrogen-bond acceptors (Lipinski definition) is 0. The lowest BCUT2D eigenvalue weighted by molar-refractivity contribution is 0.868. The summed E-state index contributed by atoms with van der Waals surface area (Å²) in [7, 11) is 0. The van der Waals surface area contributed by atoms with E-state index in [1.807, 2.05) is 13.8 Å². The third kappa shape index (κ3) is 3.56. The molecule has 0 aliphatic rings. The second-order valence-corrected chi connectivity index (χ2v) is 1.30. The van der Waals surface area contributed by atoms with Crippen LogP contribution in [0.5, 0.6) is 0 Å². The van der Waals surface area contributed by atoms with Crippen molar-refractivity contribution in [3.05, 3.63) is 0 Å². The van der Waals surface area contributed by atoms with Crippen LogP contribution in [0.15, 0.2) is 0 Å². The van der Waals surface area contributed by atoms with Gasteiger partial charge in [-0.2, -0.15) is 0 Å². The molecule has 0 aromatic heterocycles. The van der Waals surface area contributed by atoms with Crippen LogP contribution in [0.25, 0.3) is 0 Å². The maximum absolute atomic E-state index is 6.37. The van der Waals surface area contributed by atoms with E-state index in [-0.39, 0.29) is 0 Å². The fraction of sp³-hybridized carbons (Fsp3) is 0.600. The fourth-order valence-corrected chi connectivity index (χ4v) is 0. The smallest absolute Gasteiger partial charge is 0.120 e. The lowest BCUT2D eigenvalue weighted by Crippen LogP contribution is -1.72. The summed E-state index contributed by atoms with van der Waals surface area (Å²) in [6.07, 6.45) is 2.07. The third-order valence-corrected chi connectivity index (χ3v) is 0.289. The standard InChI is InChI=1S/C5H8/c1-4-5(2)3/h1,5H,2-3H3/i1T. The van der Waals surface area contributed by atoms with Crippen molar-refractivity contribution < 1.29 is 1.37 Å². The van der Waals surface area contributed by atoms with E-state index in [1.54, 1.807) is 0 Å². The van der Waals surface area contributed by atoms with Gasteiger partial charge in [-0.1, -0.05) is 13.8 Å². The average Bonchev–Trinajstić information content (AvgIpc) is 1.35. The first-order valence-electron chi connectivity index (χ1n) is 2.19. The van der Waals surface area contributed by atoms with Crippen LogP contribution in [0.4, 0.5) is 0 Å². The van der Waals surface area contributed by atoms with Crippen molar-refractivity contribution in [3.63, 3.8) is 0 Å². The maximum atomic E-state index is 6.37. The quantitative estimate of drug-likeness (QED) is 0.376. The van der Waals surface area contributed by atoms with Gasteiger partial charge in [0.1, 0.15) is 1.37 Å². The number of terminal acetylenes is 1. The van der Waals surface area contributed by atoms with Gasteiger partial charge in [-0.3, -0.25) is 0 Å². The van der Waals surface area contributed by atoms with Gasteiger partial charge in [-0.05, 0) is 0 Å². The molecule has 0 aliphatic heterocycles. The Morgan fingerprint density at radius 3 is 2.60 bits per heavy atom.